The normalized spacial score (nSPS) is 10.6. The SMILES string of the molecule is CCc1cccc(C)c1NC(=O)c1c(C)[nH]c(C)c(Br)c1=O. The summed E-state index contributed by atoms with van der Waals surface area (Å²) in [7, 11) is 0. The lowest BCUT2D eigenvalue weighted by Crippen LogP contribution is -2.25. The molecule has 1 amide bonds. The topological polar surface area (TPSA) is 62.0 Å². The molecule has 1 heterocycles. The Labute approximate surface area is 138 Å². The molecule has 22 heavy (non-hydrogen) atoms. The van der Waals surface area contributed by atoms with E-state index in [0.29, 0.717) is 15.9 Å². The lowest BCUT2D eigenvalue weighted by atomic mass is 10.0. The molecule has 0 aliphatic heterocycles. The second-order valence-electron chi connectivity index (χ2n) is 5.31. The van der Waals surface area contributed by atoms with Gasteiger partial charge in [0.25, 0.3) is 5.91 Å². The Bertz CT molecular complexity index is 794. The van der Waals surface area contributed by atoms with E-state index in [4.69, 9.17) is 0 Å². The van der Waals surface area contributed by atoms with E-state index >= 15 is 0 Å². The van der Waals surface area contributed by atoms with E-state index in [2.05, 4.69) is 26.2 Å². The first-order valence-corrected chi connectivity index (χ1v) is 7.94. The van der Waals surface area contributed by atoms with Gasteiger partial charge in [0, 0.05) is 17.1 Å². The van der Waals surface area contributed by atoms with Crippen LogP contribution in [-0.2, 0) is 6.42 Å². The molecule has 1 aromatic carbocycles. The Morgan fingerprint density at radius 1 is 1.23 bits per heavy atom. The summed E-state index contributed by atoms with van der Waals surface area (Å²) in [5.74, 6) is -0.386. The molecular formula is C17H19BrN2O2. The van der Waals surface area contributed by atoms with Gasteiger partial charge in [-0.15, -0.1) is 0 Å². The molecule has 5 heteroatoms. The van der Waals surface area contributed by atoms with E-state index in [1.165, 1.54) is 0 Å². The average molecular weight is 363 g/mol. The molecule has 1 aromatic heterocycles. The van der Waals surface area contributed by atoms with Gasteiger partial charge in [-0.2, -0.15) is 0 Å². The maximum Gasteiger partial charge on any atom is 0.261 e. The third kappa shape index (κ3) is 2.99. The molecule has 2 N–H and O–H groups in total. The largest absolute Gasteiger partial charge is 0.361 e. The number of rotatable bonds is 3. The van der Waals surface area contributed by atoms with Crippen LogP contribution in [0.1, 0.15) is 39.8 Å². The van der Waals surface area contributed by atoms with Crippen LogP contribution in [-0.4, -0.2) is 10.9 Å². The number of hydrogen-bond donors (Lipinski definition) is 2. The van der Waals surface area contributed by atoms with Crippen LogP contribution in [0.5, 0.6) is 0 Å². The highest BCUT2D eigenvalue weighted by Crippen LogP contribution is 2.22. The summed E-state index contributed by atoms with van der Waals surface area (Å²) in [4.78, 5) is 28.0. The zero-order valence-corrected chi connectivity index (χ0v) is 14.7. The predicted octanol–water partition coefficient (Wildman–Crippen LogP) is 3.88. The van der Waals surface area contributed by atoms with Crippen LogP contribution in [0, 0.1) is 20.8 Å². The number of carbonyl (C=O) groups excluding carboxylic acids is 1. The van der Waals surface area contributed by atoms with Gasteiger partial charge in [-0.05, 0) is 54.2 Å². The number of para-hydroxylation sites is 1. The second kappa shape index (κ2) is 6.48. The first kappa shape index (κ1) is 16.5. The summed E-state index contributed by atoms with van der Waals surface area (Å²) in [6, 6.07) is 5.88. The van der Waals surface area contributed by atoms with Gasteiger partial charge in [0.1, 0.15) is 5.56 Å². The number of pyridine rings is 1. The van der Waals surface area contributed by atoms with Gasteiger partial charge in [0.2, 0.25) is 5.43 Å². The number of nitrogens with one attached hydrogen (secondary N) is 2. The van der Waals surface area contributed by atoms with Crippen LogP contribution in [0.15, 0.2) is 27.5 Å². The van der Waals surface area contributed by atoms with Gasteiger partial charge in [-0.3, -0.25) is 9.59 Å². The van der Waals surface area contributed by atoms with Crippen LogP contribution in [0.3, 0.4) is 0 Å². The summed E-state index contributed by atoms with van der Waals surface area (Å²) >= 11 is 3.24. The number of anilines is 1. The molecule has 2 rings (SSSR count). The first-order valence-electron chi connectivity index (χ1n) is 7.15. The Morgan fingerprint density at radius 2 is 1.91 bits per heavy atom. The Balaban J connectivity index is 2.48. The molecule has 0 radical (unpaired) electrons. The molecule has 0 saturated heterocycles. The Kier molecular flexibility index (Phi) is 4.86. The van der Waals surface area contributed by atoms with Crippen molar-refractivity contribution in [3.8, 4) is 0 Å². The summed E-state index contributed by atoms with van der Waals surface area (Å²) in [6.07, 6.45) is 0.810. The number of hydrogen-bond acceptors (Lipinski definition) is 2. The van der Waals surface area contributed by atoms with E-state index < -0.39 is 0 Å². The minimum atomic E-state index is -0.386. The third-order valence-corrected chi connectivity index (χ3v) is 4.67. The summed E-state index contributed by atoms with van der Waals surface area (Å²) in [6.45, 7) is 7.49. The number of aromatic amines is 1. The minimum absolute atomic E-state index is 0.141. The van der Waals surface area contributed by atoms with Gasteiger partial charge in [-0.25, -0.2) is 0 Å². The van der Waals surface area contributed by atoms with Crippen molar-refractivity contribution in [2.75, 3.05) is 5.32 Å². The highest BCUT2D eigenvalue weighted by atomic mass is 79.9. The van der Waals surface area contributed by atoms with Gasteiger partial charge < -0.3 is 10.3 Å². The molecule has 4 nitrogen and oxygen atoms in total. The van der Waals surface area contributed by atoms with Crippen molar-refractivity contribution in [2.24, 2.45) is 0 Å². The average Bonchev–Trinajstić information content (AvgIpc) is 2.47. The molecule has 0 saturated carbocycles. The van der Waals surface area contributed by atoms with Gasteiger partial charge in [0.15, 0.2) is 0 Å². The summed E-state index contributed by atoms with van der Waals surface area (Å²) < 4.78 is 0.392. The number of amides is 1. The molecule has 0 aliphatic rings. The number of halogens is 1. The molecule has 0 fully saturated rings. The molecular weight excluding hydrogens is 344 g/mol. The van der Waals surface area contributed by atoms with Gasteiger partial charge in [-0.1, -0.05) is 25.1 Å². The Morgan fingerprint density at radius 3 is 2.55 bits per heavy atom. The van der Waals surface area contributed by atoms with Crippen molar-refractivity contribution in [3.63, 3.8) is 0 Å². The number of carbonyl (C=O) groups is 1. The maximum absolute atomic E-state index is 12.6. The monoisotopic (exact) mass is 362 g/mol. The van der Waals surface area contributed by atoms with Crippen LogP contribution in [0.4, 0.5) is 5.69 Å². The molecule has 0 atom stereocenters. The van der Waals surface area contributed by atoms with Gasteiger partial charge >= 0.3 is 0 Å². The summed E-state index contributed by atoms with van der Waals surface area (Å²) in [5.41, 5.74) is 3.94. The van der Waals surface area contributed by atoms with Crippen molar-refractivity contribution in [1.29, 1.82) is 0 Å². The lowest BCUT2D eigenvalue weighted by molar-refractivity contribution is 0.102. The molecule has 2 aromatic rings. The fourth-order valence-corrected chi connectivity index (χ4v) is 2.80. The smallest absolute Gasteiger partial charge is 0.261 e. The molecule has 116 valence electrons. The summed E-state index contributed by atoms with van der Waals surface area (Å²) in [5, 5.41) is 2.89. The molecule has 0 spiro atoms. The van der Waals surface area contributed by atoms with E-state index in [1.54, 1.807) is 13.8 Å². The van der Waals surface area contributed by atoms with Crippen LogP contribution in [0.25, 0.3) is 0 Å². The van der Waals surface area contributed by atoms with Crippen molar-refractivity contribution in [1.82, 2.24) is 4.98 Å². The number of aromatic nitrogens is 1. The van der Waals surface area contributed by atoms with E-state index in [0.717, 1.165) is 23.2 Å². The van der Waals surface area contributed by atoms with E-state index in [1.807, 2.05) is 32.0 Å². The van der Waals surface area contributed by atoms with Crippen molar-refractivity contribution < 1.29 is 4.79 Å². The number of aryl methyl sites for hydroxylation is 4. The predicted molar refractivity (Wildman–Crippen MR) is 92.7 cm³/mol. The highest BCUT2D eigenvalue weighted by Gasteiger charge is 2.19. The van der Waals surface area contributed by atoms with E-state index in [9.17, 15) is 9.59 Å². The minimum Gasteiger partial charge on any atom is -0.361 e. The van der Waals surface area contributed by atoms with Gasteiger partial charge in [0.05, 0.1) is 4.47 Å². The molecule has 0 unspecified atom stereocenters. The first-order chi connectivity index (χ1) is 10.4. The number of H-pyrrole nitrogens is 1. The zero-order valence-electron chi connectivity index (χ0n) is 13.1. The van der Waals surface area contributed by atoms with Crippen molar-refractivity contribution >= 4 is 27.5 Å². The molecule has 0 bridgehead atoms. The van der Waals surface area contributed by atoms with Crippen LogP contribution in [0.2, 0.25) is 0 Å². The Hall–Kier alpha value is -1.88. The van der Waals surface area contributed by atoms with Crippen molar-refractivity contribution in [2.45, 2.75) is 34.1 Å². The highest BCUT2D eigenvalue weighted by molar-refractivity contribution is 9.10. The standard InChI is InChI=1S/C17H19BrN2O2/c1-5-12-8-6-7-9(2)15(12)20-17(22)13-10(3)19-11(4)14(18)16(13)21/h6-8H,5H2,1-4H3,(H,19,21)(H,20,22). The van der Waals surface area contributed by atoms with Crippen molar-refractivity contribution in [3.05, 3.63) is 61.0 Å². The van der Waals surface area contributed by atoms with Crippen LogP contribution < -0.4 is 10.7 Å². The maximum atomic E-state index is 12.6. The van der Waals surface area contributed by atoms with Crippen LogP contribution >= 0.6 is 15.9 Å². The quantitative estimate of drug-likeness (QED) is 0.870. The lowest BCUT2D eigenvalue weighted by Gasteiger charge is -2.14. The molecule has 0 aliphatic carbocycles. The fraction of sp³-hybridized carbons (Fsp3) is 0.294. The zero-order chi connectivity index (χ0) is 16.4. The van der Waals surface area contributed by atoms with E-state index in [-0.39, 0.29) is 16.9 Å². The number of benzene rings is 1. The third-order valence-electron chi connectivity index (χ3n) is 3.71. The second-order valence-corrected chi connectivity index (χ2v) is 6.10. The fourth-order valence-electron chi connectivity index (χ4n) is 2.50.